The van der Waals surface area contributed by atoms with Gasteiger partial charge in [-0.2, -0.15) is 5.26 Å². The first-order valence-corrected chi connectivity index (χ1v) is 5.52. The van der Waals surface area contributed by atoms with Crippen molar-refractivity contribution in [1.82, 2.24) is 10.2 Å². The third kappa shape index (κ3) is 1.92. The predicted octanol–water partition coefficient (Wildman–Crippen LogP) is 0.972. The molecule has 1 aliphatic carbocycles. The molecule has 1 heterocycles. The van der Waals surface area contributed by atoms with Gasteiger partial charge in [0.25, 0.3) is 0 Å². The monoisotopic (exact) mass is 193 g/mol. The van der Waals surface area contributed by atoms with E-state index in [2.05, 4.69) is 30.3 Å². The Kier molecular flexibility index (Phi) is 2.50. The first-order valence-electron chi connectivity index (χ1n) is 5.52. The minimum Gasteiger partial charge on any atom is -0.301 e. The highest BCUT2D eigenvalue weighted by molar-refractivity contribution is 5.14. The molecule has 3 nitrogen and oxygen atoms in total. The molecule has 2 rings (SSSR count). The molecule has 0 bridgehead atoms. The van der Waals surface area contributed by atoms with Gasteiger partial charge in [-0.3, -0.25) is 5.32 Å². The van der Waals surface area contributed by atoms with E-state index in [9.17, 15) is 5.26 Å². The molecule has 3 heteroatoms. The normalized spacial score (nSPS) is 38.5. The summed E-state index contributed by atoms with van der Waals surface area (Å²) in [7, 11) is 2.10. The number of nitrogens with one attached hydrogen (secondary N) is 1. The predicted molar refractivity (Wildman–Crippen MR) is 55.8 cm³/mol. The Hall–Kier alpha value is -0.590. The summed E-state index contributed by atoms with van der Waals surface area (Å²) in [6.07, 6.45) is 3.66. The van der Waals surface area contributed by atoms with E-state index in [-0.39, 0.29) is 5.54 Å². The summed E-state index contributed by atoms with van der Waals surface area (Å²) >= 11 is 0. The SMILES string of the molecule is CC1CC(C#N)(NCC2CC2)CN1C. The maximum atomic E-state index is 9.25. The number of hydrogen-bond donors (Lipinski definition) is 1. The standard InChI is InChI=1S/C11H19N3/c1-9-5-11(7-12,8-14(9)2)13-6-10-3-4-10/h9-10,13H,3-6,8H2,1-2H3. The minimum absolute atomic E-state index is 0.267. The second-order valence-electron chi connectivity index (χ2n) is 4.99. The molecule has 0 spiro atoms. The molecule has 2 fully saturated rings. The molecule has 2 atom stereocenters. The molecule has 2 unspecified atom stereocenters. The van der Waals surface area contributed by atoms with Gasteiger partial charge in [0.05, 0.1) is 6.07 Å². The molecule has 2 aliphatic rings. The van der Waals surface area contributed by atoms with Gasteiger partial charge in [-0.1, -0.05) is 0 Å². The van der Waals surface area contributed by atoms with E-state index in [1.54, 1.807) is 0 Å². The molecule has 1 aliphatic heterocycles. The molecule has 78 valence electrons. The van der Waals surface area contributed by atoms with E-state index < -0.39 is 0 Å². The average Bonchev–Trinajstić information content (AvgIpc) is 2.93. The van der Waals surface area contributed by atoms with Crippen LogP contribution in [0.1, 0.15) is 26.2 Å². The lowest BCUT2D eigenvalue weighted by Crippen LogP contribution is -2.46. The fraction of sp³-hybridized carbons (Fsp3) is 0.909. The molecular weight excluding hydrogens is 174 g/mol. The van der Waals surface area contributed by atoms with Crippen LogP contribution in [0, 0.1) is 17.2 Å². The fourth-order valence-electron chi connectivity index (χ4n) is 2.22. The van der Waals surface area contributed by atoms with Gasteiger partial charge in [0.15, 0.2) is 0 Å². The van der Waals surface area contributed by atoms with Crippen molar-refractivity contribution in [2.24, 2.45) is 5.92 Å². The van der Waals surface area contributed by atoms with Crippen LogP contribution in [0.2, 0.25) is 0 Å². The molecule has 1 saturated heterocycles. The third-order valence-electron chi connectivity index (χ3n) is 3.56. The first-order chi connectivity index (χ1) is 6.65. The van der Waals surface area contributed by atoms with Crippen LogP contribution >= 0.6 is 0 Å². The van der Waals surface area contributed by atoms with Crippen LogP contribution in [0.4, 0.5) is 0 Å². The molecular formula is C11H19N3. The lowest BCUT2D eigenvalue weighted by molar-refractivity contribution is 0.318. The van der Waals surface area contributed by atoms with Crippen molar-refractivity contribution >= 4 is 0 Å². The van der Waals surface area contributed by atoms with Crippen molar-refractivity contribution in [1.29, 1.82) is 5.26 Å². The van der Waals surface area contributed by atoms with Crippen molar-refractivity contribution < 1.29 is 0 Å². The van der Waals surface area contributed by atoms with E-state index in [1.807, 2.05) is 0 Å². The topological polar surface area (TPSA) is 39.1 Å². The van der Waals surface area contributed by atoms with Gasteiger partial charge in [-0.15, -0.1) is 0 Å². The van der Waals surface area contributed by atoms with E-state index in [0.29, 0.717) is 6.04 Å². The highest BCUT2D eigenvalue weighted by Gasteiger charge is 2.41. The van der Waals surface area contributed by atoms with E-state index in [1.165, 1.54) is 12.8 Å². The lowest BCUT2D eigenvalue weighted by Gasteiger charge is -2.22. The van der Waals surface area contributed by atoms with Crippen LogP contribution in [0.5, 0.6) is 0 Å². The summed E-state index contributed by atoms with van der Waals surface area (Å²) in [5.41, 5.74) is -0.267. The van der Waals surface area contributed by atoms with Crippen LogP contribution in [0.15, 0.2) is 0 Å². The number of rotatable bonds is 3. The maximum Gasteiger partial charge on any atom is 0.121 e. The Morgan fingerprint density at radius 2 is 2.29 bits per heavy atom. The molecule has 14 heavy (non-hydrogen) atoms. The van der Waals surface area contributed by atoms with Crippen molar-refractivity contribution in [3.8, 4) is 6.07 Å². The number of likely N-dealkylation sites (N-methyl/N-ethyl adjacent to an activating group) is 1. The van der Waals surface area contributed by atoms with Crippen molar-refractivity contribution in [2.45, 2.75) is 37.8 Å². The maximum absolute atomic E-state index is 9.25. The first kappa shape index (κ1) is 9.95. The Morgan fingerprint density at radius 1 is 1.57 bits per heavy atom. The van der Waals surface area contributed by atoms with E-state index in [4.69, 9.17) is 0 Å². The quantitative estimate of drug-likeness (QED) is 0.726. The fourth-order valence-corrected chi connectivity index (χ4v) is 2.22. The molecule has 1 saturated carbocycles. The summed E-state index contributed by atoms with van der Waals surface area (Å²) in [5, 5.41) is 12.7. The second-order valence-corrected chi connectivity index (χ2v) is 4.99. The van der Waals surface area contributed by atoms with Crippen LogP contribution in [-0.4, -0.2) is 36.6 Å². The number of hydrogen-bond acceptors (Lipinski definition) is 3. The zero-order chi connectivity index (χ0) is 10.2. The zero-order valence-corrected chi connectivity index (χ0v) is 9.08. The van der Waals surface area contributed by atoms with Gasteiger partial charge in [0.2, 0.25) is 0 Å². The summed E-state index contributed by atoms with van der Waals surface area (Å²) < 4.78 is 0. The smallest absolute Gasteiger partial charge is 0.121 e. The van der Waals surface area contributed by atoms with Gasteiger partial charge >= 0.3 is 0 Å². The average molecular weight is 193 g/mol. The van der Waals surface area contributed by atoms with E-state index >= 15 is 0 Å². The van der Waals surface area contributed by atoms with Crippen LogP contribution < -0.4 is 5.32 Å². The minimum atomic E-state index is -0.267. The lowest BCUT2D eigenvalue weighted by atomic mass is 9.98. The zero-order valence-electron chi connectivity index (χ0n) is 9.08. The molecule has 0 radical (unpaired) electrons. The van der Waals surface area contributed by atoms with Gasteiger partial charge in [-0.05, 0) is 45.7 Å². The Morgan fingerprint density at radius 3 is 2.71 bits per heavy atom. The summed E-state index contributed by atoms with van der Waals surface area (Å²) in [4.78, 5) is 2.27. The Bertz CT molecular complexity index is 242. The summed E-state index contributed by atoms with van der Waals surface area (Å²) in [6, 6.07) is 3.00. The molecule has 1 N–H and O–H groups in total. The van der Waals surface area contributed by atoms with Crippen LogP contribution in [-0.2, 0) is 0 Å². The number of nitrogens with zero attached hydrogens (tertiary/aromatic N) is 2. The second kappa shape index (κ2) is 3.52. The third-order valence-corrected chi connectivity index (χ3v) is 3.56. The number of likely N-dealkylation sites (tertiary alicyclic amines) is 1. The summed E-state index contributed by atoms with van der Waals surface area (Å²) in [6.45, 7) is 4.10. The molecule has 0 aromatic heterocycles. The van der Waals surface area contributed by atoms with Crippen molar-refractivity contribution in [2.75, 3.05) is 20.1 Å². The largest absolute Gasteiger partial charge is 0.301 e. The van der Waals surface area contributed by atoms with Gasteiger partial charge in [0.1, 0.15) is 5.54 Å². The molecule has 0 aromatic carbocycles. The van der Waals surface area contributed by atoms with Crippen LogP contribution in [0.25, 0.3) is 0 Å². The van der Waals surface area contributed by atoms with Gasteiger partial charge < -0.3 is 4.90 Å². The van der Waals surface area contributed by atoms with Gasteiger partial charge in [-0.25, -0.2) is 0 Å². The van der Waals surface area contributed by atoms with Gasteiger partial charge in [0, 0.05) is 12.6 Å². The van der Waals surface area contributed by atoms with Crippen LogP contribution in [0.3, 0.4) is 0 Å². The number of nitriles is 1. The summed E-state index contributed by atoms with van der Waals surface area (Å²) in [5.74, 6) is 0.849. The van der Waals surface area contributed by atoms with E-state index in [0.717, 1.165) is 25.4 Å². The van der Waals surface area contributed by atoms with Crippen molar-refractivity contribution in [3.05, 3.63) is 0 Å². The Balaban J connectivity index is 1.93. The highest BCUT2D eigenvalue weighted by Crippen LogP contribution is 2.30. The van der Waals surface area contributed by atoms with Crippen molar-refractivity contribution in [3.63, 3.8) is 0 Å². The Labute approximate surface area is 86.1 Å². The molecule has 0 amide bonds. The highest BCUT2D eigenvalue weighted by atomic mass is 15.2. The molecule has 0 aromatic rings.